The second-order valence-electron chi connectivity index (χ2n) is 4.76. The van der Waals surface area contributed by atoms with Gasteiger partial charge in [-0.15, -0.1) is 11.3 Å². The molecule has 0 amide bonds. The summed E-state index contributed by atoms with van der Waals surface area (Å²) in [6.45, 7) is 7.85. The molecule has 1 saturated heterocycles. The first-order valence-electron chi connectivity index (χ1n) is 6.54. The third kappa shape index (κ3) is 3.78. The van der Waals surface area contributed by atoms with Crippen LogP contribution in [0.5, 0.6) is 0 Å². The van der Waals surface area contributed by atoms with E-state index in [1.54, 1.807) is 0 Å². The van der Waals surface area contributed by atoms with Gasteiger partial charge >= 0.3 is 0 Å². The van der Waals surface area contributed by atoms with E-state index in [1.807, 2.05) is 11.3 Å². The average Bonchev–Trinajstić information content (AvgIpc) is 2.78. The highest BCUT2D eigenvalue weighted by atomic mass is 79.9. The lowest BCUT2D eigenvalue weighted by Gasteiger charge is -2.38. The van der Waals surface area contributed by atoms with Crippen LogP contribution in [0.2, 0.25) is 0 Å². The highest BCUT2D eigenvalue weighted by Crippen LogP contribution is 2.23. The Morgan fingerprint density at radius 3 is 2.56 bits per heavy atom. The number of aliphatic hydroxyl groups excluding tert-OH is 1. The predicted octanol–water partition coefficient (Wildman–Crippen LogP) is 2.40. The van der Waals surface area contributed by atoms with Crippen LogP contribution in [0.4, 0.5) is 0 Å². The molecule has 3 nitrogen and oxygen atoms in total. The Bertz CT molecular complexity index is 360. The maximum atomic E-state index is 9.32. The van der Waals surface area contributed by atoms with E-state index in [-0.39, 0.29) is 6.61 Å². The second kappa shape index (κ2) is 7.01. The van der Waals surface area contributed by atoms with E-state index in [0.717, 1.165) is 39.1 Å². The molecule has 1 aliphatic rings. The number of hydrogen-bond donors (Lipinski definition) is 1. The standard InChI is InChI=1S/C13H21BrN2OS/c1-2-11(10-17)16-7-5-15(6-8-16)9-12-3-4-13(14)18-12/h3-4,11,17H,2,5-10H2,1H3. The van der Waals surface area contributed by atoms with Crippen LogP contribution in [0, 0.1) is 0 Å². The Labute approximate surface area is 122 Å². The Kier molecular flexibility index (Phi) is 5.63. The van der Waals surface area contributed by atoms with Crippen molar-refractivity contribution in [3.05, 3.63) is 20.8 Å². The van der Waals surface area contributed by atoms with Crippen molar-refractivity contribution in [1.82, 2.24) is 9.80 Å². The molecule has 0 aliphatic carbocycles. The van der Waals surface area contributed by atoms with Gasteiger partial charge in [0.05, 0.1) is 10.4 Å². The molecule has 2 heterocycles. The molecule has 2 rings (SSSR count). The Morgan fingerprint density at radius 2 is 2.06 bits per heavy atom. The van der Waals surface area contributed by atoms with Gasteiger partial charge in [-0.05, 0) is 34.5 Å². The van der Waals surface area contributed by atoms with E-state index in [1.165, 1.54) is 8.66 Å². The van der Waals surface area contributed by atoms with E-state index in [9.17, 15) is 5.11 Å². The lowest BCUT2D eigenvalue weighted by atomic mass is 10.1. The first-order valence-corrected chi connectivity index (χ1v) is 8.15. The van der Waals surface area contributed by atoms with Crippen LogP contribution in [-0.4, -0.2) is 53.7 Å². The summed E-state index contributed by atoms with van der Waals surface area (Å²) in [4.78, 5) is 6.34. The van der Waals surface area contributed by atoms with Crippen LogP contribution in [0.1, 0.15) is 18.2 Å². The number of thiophene rings is 1. The largest absolute Gasteiger partial charge is 0.395 e. The van der Waals surface area contributed by atoms with Gasteiger partial charge in [0.25, 0.3) is 0 Å². The van der Waals surface area contributed by atoms with Crippen LogP contribution < -0.4 is 0 Å². The average molecular weight is 333 g/mol. The molecular weight excluding hydrogens is 312 g/mol. The Balaban J connectivity index is 1.79. The SMILES string of the molecule is CCC(CO)N1CCN(Cc2ccc(Br)s2)CC1. The maximum Gasteiger partial charge on any atom is 0.0701 e. The molecule has 1 fully saturated rings. The van der Waals surface area contributed by atoms with Gasteiger partial charge in [-0.1, -0.05) is 6.92 Å². The zero-order chi connectivity index (χ0) is 13.0. The minimum Gasteiger partial charge on any atom is -0.395 e. The molecule has 0 spiro atoms. The minimum atomic E-state index is 0.286. The van der Waals surface area contributed by atoms with Crippen molar-refractivity contribution in [2.45, 2.75) is 25.9 Å². The summed E-state index contributed by atoms with van der Waals surface area (Å²) in [5.74, 6) is 0. The third-order valence-corrected chi connectivity index (χ3v) is 5.22. The number of rotatable bonds is 5. The number of piperazine rings is 1. The first-order chi connectivity index (χ1) is 8.72. The molecule has 1 aromatic heterocycles. The van der Waals surface area contributed by atoms with Crippen LogP contribution in [0.3, 0.4) is 0 Å². The highest BCUT2D eigenvalue weighted by Gasteiger charge is 2.22. The number of hydrogen-bond acceptors (Lipinski definition) is 4. The fourth-order valence-corrected chi connectivity index (χ4v) is 3.97. The lowest BCUT2D eigenvalue weighted by Crippen LogP contribution is -2.50. The maximum absolute atomic E-state index is 9.32. The summed E-state index contributed by atoms with van der Waals surface area (Å²) in [6, 6.07) is 4.67. The van der Waals surface area contributed by atoms with Crippen molar-refractivity contribution in [2.24, 2.45) is 0 Å². The summed E-state index contributed by atoms with van der Waals surface area (Å²) < 4.78 is 1.21. The van der Waals surface area contributed by atoms with Crippen LogP contribution >= 0.6 is 27.3 Å². The molecule has 1 N–H and O–H groups in total. The smallest absolute Gasteiger partial charge is 0.0701 e. The normalized spacial score (nSPS) is 20.2. The first kappa shape index (κ1) is 14.5. The van der Waals surface area contributed by atoms with Gasteiger partial charge in [0.2, 0.25) is 0 Å². The summed E-state index contributed by atoms with van der Waals surface area (Å²) >= 11 is 5.33. The van der Waals surface area contributed by atoms with Gasteiger partial charge in [0, 0.05) is 43.6 Å². The summed E-state index contributed by atoms with van der Waals surface area (Å²) in [7, 11) is 0. The number of halogens is 1. The number of aliphatic hydroxyl groups is 1. The van der Waals surface area contributed by atoms with Gasteiger partial charge in [0.1, 0.15) is 0 Å². The molecule has 1 aromatic rings. The van der Waals surface area contributed by atoms with E-state index in [2.05, 4.69) is 44.8 Å². The quantitative estimate of drug-likeness (QED) is 0.896. The van der Waals surface area contributed by atoms with Crippen molar-refractivity contribution in [3.8, 4) is 0 Å². The summed E-state index contributed by atoms with van der Waals surface area (Å²) in [5, 5.41) is 9.32. The van der Waals surface area contributed by atoms with E-state index in [0.29, 0.717) is 6.04 Å². The van der Waals surface area contributed by atoms with Crippen LogP contribution in [0.25, 0.3) is 0 Å². The molecule has 1 unspecified atom stereocenters. The van der Waals surface area contributed by atoms with Crippen molar-refractivity contribution >= 4 is 27.3 Å². The zero-order valence-corrected chi connectivity index (χ0v) is 13.2. The summed E-state index contributed by atoms with van der Waals surface area (Å²) in [5.41, 5.74) is 0. The fourth-order valence-electron chi connectivity index (χ4n) is 2.45. The second-order valence-corrected chi connectivity index (χ2v) is 7.31. The van der Waals surface area contributed by atoms with Gasteiger partial charge in [-0.25, -0.2) is 0 Å². The van der Waals surface area contributed by atoms with Crippen LogP contribution in [0.15, 0.2) is 15.9 Å². The topological polar surface area (TPSA) is 26.7 Å². The minimum absolute atomic E-state index is 0.286. The molecular formula is C13H21BrN2OS. The van der Waals surface area contributed by atoms with E-state index in [4.69, 9.17) is 0 Å². The van der Waals surface area contributed by atoms with Crippen molar-refractivity contribution in [1.29, 1.82) is 0 Å². The molecule has 0 bridgehead atoms. The molecule has 1 aliphatic heterocycles. The van der Waals surface area contributed by atoms with Crippen molar-refractivity contribution in [2.75, 3.05) is 32.8 Å². The lowest BCUT2D eigenvalue weighted by molar-refractivity contribution is 0.0612. The highest BCUT2D eigenvalue weighted by molar-refractivity contribution is 9.11. The monoisotopic (exact) mass is 332 g/mol. The van der Waals surface area contributed by atoms with Gasteiger partial charge in [0.15, 0.2) is 0 Å². The Hall–Kier alpha value is 0.0600. The molecule has 0 saturated carbocycles. The molecule has 102 valence electrons. The molecule has 5 heteroatoms. The van der Waals surface area contributed by atoms with Crippen molar-refractivity contribution in [3.63, 3.8) is 0 Å². The predicted molar refractivity (Wildman–Crippen MR) is 80.0 cm³/mol. The van der Waals surface area contributed by atoms with E-state index >= 15 is 0 Å². The molecule has 0 aromatic carbocycles. The third-order valence-electron chi connectivity index (χ3n) is 3.61. The molecule has 0 radical (unpaired) electrons. The van der Waals surface area contributed by atoms with E-state index < -0.39 is 0 Å². The Morgan fingerprint density at radius 1 is 1.33 bits per heavy atom. The fraction of sp³-hybridized carbons (Fsp3) is 0.692. The molecule has 18 heavy (non-hydrogen) atoms. The number of nitrogens with zero attached hydrogens (tertiary/aromatic N) is 2. The van der Waals surface area contributed by atoms with Crippen LogP contribution in [-0.2, 0) is 6.54 Å². The zero-order valence-electron chi connectivity index (χ0n) is 10.8. The van der Waals surface area contributed by atoms with Crippen molar-refractivity contribution < 1.29 is 5.11 Å². The van der Waals surface area contributed by atoms with Gasteiger partial charge < -0.3 is 5.11 Å². The summed E-state index contributed by atoms with van der Waals surface area (Å²) in [6.07, 6.45) is 1.04. The molecule has 1 atom stereocenters. The van der Waals surface area contributed by atoms with Gasteiger partial charge in [-0.3, -0.25) is 9.80 Å². The van der Waals surface area contributed by atoms with Gasteiger partial charge in [-0.2, -0.15) is 0 Å².